The summed E-state index contributed by atoms with van der Waals surface area (Å²) >= 11 is 3.46. The lowest BCUT2D eigenvalue weighted by Crippen LogP contribution is -1.77. The smallest absolute Gasteiger partial charge is 0.227 e. The van der Waals surface area contributed by atoms with Gasteiger partial charge < -0.3 is 8.83 Å². The molecule has 2 aromatic heterocycles. The van der Waals surface area contributed by atoms with Gasteiger partial charge >= 0.3 is 0 Å². The summed E-state index contributed by atoms with van der Waals surface area (Å²) in [5.41, 5.74) is 3.51. The number of halogens is 1. The highest BCUT2D eigenvalue weighted by atomic mass is 79.9. The second kappa shape index (κ2) is 4.90. The molecule has 0 saturated heterocycles. The summed E-state index contributed by atoms with van der Waals surface area (Å²) in [7, 11) is 0. The zero-order chi connectivity index (χ0) is 14.2. The Hall–Kier alpha value is -2.33. The van der Waals surface area contributed by atoms with E-state index in [4.69, 9.17) is 8.83 Å². The van der Waals surface area contributed by atoms with Gasteiger partial charge in [0.25, 0.3) is 0 Å². The molecule has 0 amide bonds. The Morgan fingerprint density at radius 2 is 1.86 bits per heavy atom. The molecule has 0 aliphatic carbocycles. The van der Waals surface area contributed by atoms with E-state index in [-0.39, 0.29) is 0 Å². The number of benzene rings is 2. The molecule has 0 saturated carbocycles. The fourth-order valence-electron chi connectivity index (χ4n) is 2.27. The summed E-state index contributed by atoms with van der Waals surface area (Å²) in [6, 6.07) is 17.5. The largest absolute Gasteiger partial charge is 0.464 e. The van der Waals surface area contributed by atoms with Crippen LogP contribution in [0.15, 0.2) is 74.2 Å². The first-order valence-corrected chi connectivity index (χ1v) is 7.29. The Bertz CT molecular complexity index is 910. The summed E-state index contributed by atoms with van der Waals surface area (Å²) in [4.78, 5) is 4.57. The van der Waals surface area contributed by atoms with E-state index in [1.54, 1.807) is 6.26 Å². The summed E-state index contributed by atoms with van der Waals surface area (Å²) in [6.07, 6.45) is 1.66. The lowest BCUT2D eigenvalue weighted by atomic mass is 10.1. The van der Waals surface area contributed by atoms with Crippen molar-refractivity contribution in [2.24, 2.45) is 0 Å². The quantitative estimate of drug-likeness (QED) is 0.482. The van der Waals surface area contributed by atoms with Crippen molar-refractivity contribution in [3.05, 3.63) is 65.3 Å². The molecule has 3 nitrogen and oxygen atoms in total. The number of nitrogens with zero attached hydrogens (tertiary/aromatic N) is 1. The van der Waals surface area contributed by atoms with Crippen molar-refractivity contribution in [2.75, 3.05) is 0 Å². The number of furan rings is 1. The minimum atomic E-state index is 0.614. The molecular weight excluding hydrogens is 330 g/mol. The molecule has 2 aromatic carbocycles. The summed E-state index contributed by atoms with van der Waals surface area (Å²) in [6.45, 7) is 0. The van der Waals surface area contributed by atoms with Crippen molar-refractivity contribution in [3.63, 3.8) is 0 Å². The van der Waals surface area contributed by atoms with Crippen LogP contribution < -0.4 is 0 Å². The monoisotopic (exact) mass is 339 g/mol. The van der Waals surface area contributed by atoms with Crippen molar-refractivity contribution in [1.82, 2.24) is 4.98 Å². The van der Waals surface area contributed by atoms with E-state index in [1.807, 2.05) is 54.6 Å². The molecule has 0 spiro atoms. The molecule has 0 unspecified atom stereocenters. The Morgan fingerprint density at radius 1 is 0.905 bits per heavy atom. The predicted molar refractivity (Wildman–Crippen MR) is 84.8 cm³/mol. The average molecular weight is 340 g/mol. The van der Waals surface area contributed by atoms with Crippen LogP contribution in [-0.2, 0) is 0 Å². The highest BCUT2D eigenvalue weighted by molar-refractivity contribution is 9.10. The molecule has 2 heterocycles. The molecule has 0 radical (unpaired) electrons. The number of hydrogen-bond acceptors (Lipinski definition) is 3. The van der Waals surface area contributed by atoms with Gasteiger partial charge in [-0.3, -0.25) is 0 Å². The number of oxazole rings is 1. The van der Waals surface area contributed by atoms with Crippen LogP contribution in [0.2, 0.25) is 0 Å². The molecule has 21 heavy (non-hydrogen) atoms. The van der Waals surface area contributed by atoms with Gasteiger partial charge in [0.1, 0.15) is 11.3 Å². The maximum Gasteiger partial charge on any atom is 0.227 e. The Kier molecular flexibility index (Phi) is 2.89. The summed E-state index contributed by atoms with van der Waals surface area (Å²) in [5, 5.41) is 0. The first kappa shape index (κ1) is 12.4. The van der Waals surface area contributed by atoms with Crippen molar-refractivity contribution >= 4 is 27.0 Å². The minimum absolute atomic E-state index is 0.614. The van der Waals surface area contributed by atoms with E-state index in [1.165, 1.54) is 0 Å². The highest BCUT2D eigenvalue weighted by Gasteiger charge is 2.10. The van der Waals surface area contributed by atoms with Gasteiger partial charge in [0.05, 0.1) is 6.26 Å². The number of aromatic nitrogens is 1. The van der Waals surface area contributed by atoms with Crippen molar-refractivity contribution in [1.29, 1.82) is 0 Å². The molecule has 4 rings (SSSR count). The Labute approximate surface area is 129 Å². The van der Waals surface area contributed by atoms with Crippen molar-refractivity contribution in [3.8, 4) is 22.8 Å². The zero-order valence-corrected chi connectivity index (χ0v) is 12.5. The third-order valence-corrected chi connectivity index (χ3v) is 3.76. The van der Waals surface area contributed by atoms with Crippen LogP contribution in [0.1, 0.15) is 0 Å². The minimum Gasteiger partial charge on any atom is -0.464 e. The van der Waals surface area contributed by atoms with Crippen LogP contribution in [-0.4, -0.2) is 4.98 Å². The second-order valence-corrected chi connectivity index (χ2v) is 5.60. The van der Waals surface area contributed by atoms with E-state index in [9.17, 15) is 0 Å². The lowest BCUT2D eigenvalue weighted by Gasteiger charge is -1.94. The predicted octanol–water partition coefficient (Wildman–Crippen LogP) is 5.52. The van der Waals surface area contributed by atoms with E-state index < -0.39 is 0 Å². The molecule has 0 bridgehead atoms. The third-order valence-electron chi connectivity index (χ3n) is 3.26. The Morgan fingerprint density at radius 3 is 2.67 bits per heavy atom. The van der Waals surface area contributed by atoms with Crippen LogP contribution >= 0.6 is 15.9 Å². The van der Waals surface area contributed by atoms with Gasteiger partial charge in [0, 0.05) is 15.6 Å². The van der Waals surface area contributed by atoms with E-state index in [2.05, 4.69) is 20.9 Å². The third kappa shape index (κ3) is 2.28. The van der Waals surface area contributed by atoms with Gasteiger partial charge in [0.15, 0.2) is 5.58 Å². The first-order valence-electron chi connectivity index (χ1n) is 6.50. The van der Waals surface area contributed by atoms with Gasteiger partial charge in [-0.2, -0.15) is 0 Å². The van der Waals surface area contributed by atoms with Crippen LogP contribution in [0.4, 0.5) is 0 Å². The van der Waals surface area contributed by atoms with Crippen LogP contribution in [0.25, 0.3) is 33.9 Å². The maximum atomic E-state index is 5.82. The van der Waals surface area contributed by atoms with E-state index >= 15 is 0 Å². The molecule has 4 heteroatoms. The topological polar surface area (TPSA) is 39.2 Å². The lowest BCUT2D eigenvalue weighted by molar-refractivity contribution is 0.582. The van der Waals surface area contributed by atoms with E-state index in [0.717, 1.165) is 32.5 Å². The molecule has 0 atom stereocenters. The van der Waals surface area contributed by atoms with Crippen molar-refractivity contribution in [2.45, 2.75) is 0 Å². The fraction of sp³-hybridized carbons (Fsp3) is 0. The second-order valence-electron chi connectivity index (χ2n) is 4.69. The molecule has 0 aliphatic rings. The Balaban J connectivity index is 1.83. The average Bonchev–Trinajstić information content (AvgIpc) is 3.16. The molecule has 0 aliphatic heterocycles. The molecule has 0 N–H and O–H groups in total. The normalized spacial score (nSPS) is 11.1. The highest BCUT2D eigenvalue weighted by Crippen LogP contribution is 2.29. The standard InChI is InChI=1S/C17H10BrNO2/c18-13-4-1-3-12(9-13)17-19-14-10-11(6-7-16(14)21-17)15-5-2-8-20-15/h1-10H. The molecular formula is C17H10BrNO2. The zero-order valence-electron chi connectivity index (χ0n) is 10.9. The number of hydrogen-bond donors (Lipinski definition) is 0. The number of fused-ring (bicyclic) bond motifs is 1. The van der Waals surface area contributed by atoms with Gasteiger partial charge in [-0.1, -0.05) is 22.0 Å². The van der Waals surface area contributed by atoms with Crippen molar-refractivity contribution < 1.29 is 8.83 Å². The fourth-order valence-corrected chi connectivity index (χ4v) is 2.67. The van der Waals surface area contributed by atoms with Crippen LogP contribution in [0.5, 0.6) is 0 Å². The van der Waals surface area contributed by atoms with Gasteiger partial charge in [-0.25, -0.2) is 4.98 Å². The van der Waals surface area contributed by atoms with Crippen LogP contribution in [0.3, 0.4) is 0 Å². The maximum absolute atomic E-state index is 5.82. The van der Waals surface area contributed by atoms with Gasteiger partial charge in [0.2, 0.25) is 5.89 Å². The molecule has 0 fully saturated rings. The SMILES string of the molecule is Brc1cccc(-c2nc3cc(-c4ccco4)ccc3o2)c1. The van der Waals surface area contributed by atoms with Crippen LogP contribution in [0, 0.1) is 0 Å². The van der Waals surface area contributed by atoms with Gasteiger partial charge in [-0.15, -0.1) is 0 Å². The van der Waals surface area contributed by atoms with Gasteiger partial charge in [-0.05, 0) is 48.5 Å². The number of rotatable bonds is 2. The molecule has 4 aromatic rings. The first-order chi connectivity index (χ1) is 10.3. The summed E-state index contributed by atoms with van der Waals surface area (Å²) < 4.78 is 12.2. The summed E-state index contributed by atoms with van der Waals surface area (Å²) in [5.74, 6) is 1.44. The van der Waals surface area contributed by atoms with E-state index in [0.29, 0.717) is 5.89 Å². The molecule has 102 valence electrons.